The van der Waals surface area contributed by atoms with Gasteiger partial charge in [-0.3, -0.25) is 15.1 Å². The number of benzene rings is 1. The molecule has 3 N–H and O–H groups in total. The van der Waals surface area contributed by atoms with E-state index >= 15 is 0 Å². The molecule has 2 rings (SSSR count). The Hall–Kier alpha value is -1.83. The van der Waals surface area contributed by atoms with Crippen molar-refractivity contribution >= 4 is 5.91 Å². The van der Waals surface area contributed by atoms with Crippen molar-refractivity contribution in [2.75, 3.05) is 40.0 Å². The summed E-state index contributed by atoms with van der Waals surface area (Å²) in [6.45, 7) is 6.15. The number of amides is 1. The van der Waals surface area contributed by atoms with Gasteiger partial charge in [0.2, 0.25) is 5.91 Å². The summed E-state index contributed by atoms with van der Waals surface area (Å²) >= 11 is 0. The van der Waals surface area contributed by atoms with E-state index in [9.17, 15) is 4.79 Å². The van der Waals surface area contributed by atoms with Crippen LogP contribution in [0.25, 0.3) is 0 Å². The molecule has 7 nitrogen and oxygen atoms in total. The fourth-order valence-corrected chi connectivity index (χ4v) is 3.07. The summed E-state index contributed by atoms with van der Waals surface area (Å²) in [6.07, 6.45) is 1.88. The predicted octanol–water partition coefficient (Wildman–Crippen LogP) is 1.31. The average molecular weight is 351 g/mol. The third-order valence-corrected chi connectivity index (χ3v) is 4.34. The average Bonchev–Trinajstić information content (AvgIpc) is 2.65. The highest BCUT2D eigenvalue weighted by atomic mass is 16.5. The number of carbonyl (C=O) groups is 1. The quantitative estimate of drug-likeness (QED) is 0.302. The van der Waals surface area contributed by atoms with Crippen LogP contribution in [0.1, 0.15) is 25.3 Å². The predicted molar refractivity (Wildman–Crippen MR) is 95.3 cm³/mol. The van der Waals surface area contributed by atoms with Crippen LogP contribution in [-0.4, -0.2) is 50.8 Å². The van der Waals surface area contributed by atoms with Crippen LogP contribution >= 0.6 is 0 Å². The molecule has 1 aromatic rings. The molecule has 1 aliphatic heterocycles. The first kappa shape index (κ1) is 19.5. The molecule has 0 spiro atoms. The molecule has 1 aliphatic rings. The van der Waals surface area contributed by atoms with Crippen molar-refractivity contribution in [1.82, 2.24) is 10.3 Å². The highest BCUT2D eigenvalue weighted by Gasteiger charge is 2.25. The van der Waals surface area contributed by atoms with Crippen LogP contribution in [0.5, 0.6) is 11.5 Å². The molecule has 0 aromatic heterocycles. The molecule has 1 saturated heterocycles. The molecule has 0 bridgehead atoms. The van der Waals surface area contributed by atoms with E-state index in [0.29, 0.717) is 31.3 Å². The second kappa shape index (κ2) is 10.2. The second-order valence-corrected chi connectivity index (χ2v) is 6.11. The van der Waals surface area contributed by atoms with Gasteiger partial charge >= 0.3 is 0 Å². The first-order valence-electron chi connectivity index (χ1n) is 8.78. The Bertz CT molecular complexity index is 553. The number of piperidine rings is 1. The number of carbonyl (C=O) groups excluding carboxylic acids is 1. The molecule has 1 unspecified atom stereocenters. The fraction of sp³-hybridized carbons (Fsp3) is 0.611. The molecule has 1 heterocycles. The van der Waals surface area contributed by atoms with Crippen LogP contribution in [-0.2, 0) is 16.1 Å². The van der Waals surface area contributed by atoms with E-state index in [1.54, 1.807) is 7.11 Å². The highest BCUT2D eigenvalue weighted by molar-refractivity contribution is 5.78. The van der Waals surface area contributed by atoms with E-state index in [0.717, 1.165) is 38.0 Å². The van der Waals surface area contributed by atoms with Gasteiger partial charge in [0.15, 0.2) is 11.5 Å². The van der Waals surface area contributed by atoms with Gasteiger partial charge in [0, 0.05) is 19.7 Å². The Morgan fingerprint density at radius 3 is 2.92 bits per heavy atom. The third-order valence-electron chi connectivity index (χ3n) is 4.34. The Morgan fingerprint density at radius 2 is 2.20 bits per heavy atom. The van der Waals surface area contributed by atoms with Crippen LogP contribution in [0, 0.1) is 5.92 Å². The van der Waals surface area contributed by atoms with Gasteiger partial charge in [0.25, 0.3) is 0 Å². The lowest BCUT2D eigenvalue weighted by atomic mass is 9.97. The lowest BCUT2D eigenvalue weighted by Crippen LogP contribution is -2.44. The summed E-state index contributed by atoms with van der Waals surface area (Å²) in [5.74, 6) is 6.56. The van der Waals surface area contributed by atoms with E-state index in [-0.39, 0.29) is 11.8 Å². The van der Waals surface area contributed by atoms with E-state index in [2.05, 4.69) is 10.3 Å². The number of hydrazine groups is 1. The van der Waals surface area contributed by atoms with Crippen molar-refractivity contribution in [3.8, 4) is 11.5 Å². The Morgan fingerprint density at radius 1 is 1.36 bits per heavy atom. The van der Waals surface area contributed by atoms with Gasteiger partial charge in [-0.1, -0.05) is 6.07 Å². The van der Waals surface area contributed by atoms with Gasteiger partial charge < -0.3 is 14.2 Å². The molecule has 1 amide bonds. The standard InChI is InChI=1S/C18H29N3O4/c1-3-24-9-10-25-16-7-6-14(11-17(16)23-2)12-21-8-4-5-15(13-21)18(22)20-19/h6-7,11,15H,3-5,8-10,12-13,19H2,1-2H3,(H,20,22). The summed E-state index contributed by atoms with van der Waals surface area (Å²) in [5, 5.41) is 0. The minimum Gasteiger partial charge on any atom is -0.493 e. The number of nitrogens with one attached hydrogen (secondary N) is 1. The first-order chi connectivity index (χ1) is 12.2. The molecular formula is C18H29N3O4. The molecule has 140 valence electrons. The maximum Gasteiger partial charge on any atom is 0.238 e. The Kier molecular flexibility index (Phi) is 7.97. The minimum absolute atomic E-state index is 0.0400. The van der Waals surface area contributed by atoms with Crippen LogP contribution in [0.15, 0.2) is 18.2 Å². The second-order valence-electron chi connectivity index (χ2n) is 6.11. The summed E-state index contributed by atoms with van der Waals surface area (Å²) in [5.41, 5.74) is 3.39. The fourth-order valence-electron chi connectivity index (χ4n) is 3.07. The number of nitrogens with two attached hydrogens (primary N) is 1. The molecule has 25 heavy (non-hydrogen) atoms. The molecule has 1 aromatic carbocycles. The van der Waals surface area contributed by atoms with Crippen molar-refractivity contribution in [1.29, 1.82) is 0 Å². The van der Waals surface area contributed by atoms with Crippen molar-refractivity contribution in [3.05, 3.63) is 23.8 Å². The summed E-state index contributed by atoms with van der Waals surface area (Å²) in [7, 11) is 1.64. The van der Waals surface area contributed by atoms with E-state index in [1.807, 2.05) is 25.1 Å². The zero-order valence-corrected chi connectivity index (χ0v) is 15.1. The normalized spacial score (nSPS) is 18.0. The lowest BCUT2D eigenvalue weighted by molar-refractivity contribution is -0.126. The topological polar surface area (TPSA) is 86.1 Å². The van der Waals surface area contributed by atoms with Crippen LogP contribution in [0.2, 0.25) is 0 Å². The highest BCUT2D eigenvalue weighted by Crippen LogP contribution is 2.29. The maximum absolute atomic E-state index is 11.7. The lowest BCUT2D eigenvalue weighted by Gasteiger charge is -2.31. The monoisotopic (exact) mass is 351 g/mol. The van der Waals surface area contributed by atoms with Gasteiger partial charge in [-0.25, -0.2) is 5.84 Å². The zero-order chi connectivity index (χ0) is 18.1. The number of methoxy groups -OCH3 is 1. The summed E-state index contributed by atoms with van der Waals surface area (Å²) in [6, 6.07) is 5.95. The number of nitrogens with zero attached hydrogens (tertiary/aromatic N) is 1. The van der Waals surface area contributed by atoms with E-state index < -0.39 is 0 Å². The first-order valence-corrected chi connectivity index (χ1v) is 8.78. The number of rotatable bonds is 9. The van der Waals surface area contributed by atoms with Gasteiger partial charge in [0.1, 0.15) is 6.61 Å². The van der Waals surface area contributed by atoms with Gasteiger partial charge in [-0.15, -0.1) is 0 Å². The third kappa shape index (κ3) is 5.88. The molecule has 0 aliphatic carbocycles. The van der Waals surface area contributed by atoms with Crippen molar-refractivity contribution in [2.24, 2.45) is 11.8 Å². The van der Waals surface area contributed by atoms with Crippen molar-refractivity contribution in [2.45, 2.75) is 26.3 Å². The molecule has 0 saturated carbocycles. The molecule has 0 radical (unpaired) electrons. The molecule has 7 heteroatoms. The Labute approximate surface area is 149 Å². The van der Waals surface area contributed by atoms with Gasteiger partial charge in [0.05, 0.1) is 19.6 Å². The Balaban J connectivity index is 1.94. The van der Waals surface area contributed by atoms with Crippen LogP contribution in [0.3, 0.4) is 0 Å². The van der Waals surface area contributed by atoms with E-state index in [1.165, 1.54) is 0 Å². The van der Waals surface area contributed by atoms with Gasteiger partial charge in [-0.05, 0) is 44.0 Å². The minimum atomic E-state index is -0.0830. The molecule has 1 atom stereocenters. The number of ether oxygens (including phenoxy) is 3. The summed E-state index contributed by atoms with van der Waals surface area (Å²) < 4.78 is 16.4. The van der Waals surface area contributed by atoms with Crippen LogP contribution in [0.4, 0.5) is 0 Å². The SMILES string of the molecule is CCOCCOc1ccc(CN2CCCC(C(=O)NN)C2)cc1OC. The van der Waals surface area contributed by atoms with Gasteiger partial charge in [-0.2, -0.15) is 0 Å². The zero-order valence-electron chi connectivity index (χ0n) is 15.1. The largest absolute Gasteiger partial charge is 0.493 e. The van der Waals surface area contributed by atoms with Crippen molar-refractivity contribution < 1.29 is 19.0 Å². The van der Waals surface area contributed by atoms with Crippen molar-refractivity contribution in [3.63, 3.8) is 0 Å². The van der Waals surface area contributed by atoms with E-state index in [4.69, 9.17) is 20.1 Å². The number of likely N-dealkylation sites (tertiary alicyclic amines) is 1. The smallest absolute Gasteiger partial charge is 0.238 e. The number of hydrogen-bond donors (Lipinski definition) is 2. The maximum atomic E-state index is 11.7. The number of hydrogen-bond acceptors (Lipinski definition) is 6. The van der Waals surface area contributed by atoms with Crippen LogP contribution < -0.4 is 20.7 Å². The molecule has 1 fully saturated rings. The summed E-state index contributed by atoms with van der Waals surface area (Å²) in [4.78, 5) is 14.0. The molecular weight excluding hydrogens is 322 g/mol.